The molecule has 5 heteroatoms. The molecule has 0 fully saturated rings. The number of amides is 2. The number of urea groups is 1. The SMILES string of the molecule is COc1ccccc1-c1cccc(C=NNC(N)=O)c1. The molecule has 0 aliphatic rings. The van der Waals surface area contributed by atoms with Crippen LogP contribution in [-0.4, -0.2) is 19.4 Å². The molecular formula is C15H15N3O2. The van der Waals surface area contributed by atoms with Crippen LogP contribution in [0, 0.1) is 0 Å². The van der Waals surface area contributed by atoms with Crippen LogP contribution in [0.3, 0.4) is 0 Å². The fourth-order valence-corrected chi connectivity index (χ4v) is 1.84. The normalized spacial score (nSPS) is 10.4. The van der Waals surface area contributed by atoms with E-state index in [0.29, 0.717) is 0 Å². The van der Waals surface area contributed by atoms with E-state index in [9.17, 15) is 4.79 Å². The minimum Gasteiger partial charge on any atom is -0.496 e. The maximum Gasteiger partial charge on any atom is 0.332 e. The Morgan fingerprint density at radius 2 is 2.05 bits per heavy atom. The molecule has 2 rings (SSSR count). The molecule has 5 nitrogen and oxygen atoms in total. The fraction of sp³-hybridized carbons (Fsp3) is 0.0667. The number of carbonyl (C=O) groups excluding carboxylic acids is 1. The van der Waals surface area contributed by atoms with E-state index in [1.54, 1.807) is 7.11 Å². The van der Waals surface area contributed by atoms with E-state index in [0.717, 1.165) is 22.4 Å². The predicted molar refractivity (Wildman–Crippen MR) is 78.7 cm³/mol. The first kappa shape index (κ1) is 13.6. The van der Waals surface area contributed by atoms with Gasteiger partial charge in [0.15, 0.2) is 0 Å². The quantitative estimate of drug-likeness (QED) is 0.660. The number of rotatable bonds is 4. The van der Waals surface area contributed by atoms with Crippen molar-refractivity contribution < 1.29 is 9.53 Å². The Morgan fingerprint density at radius 3 is 2.80 bits per heavy atom. The number of nitrogens with zero attached hydrogens (tertiary/aromatic N) is 1. The number of carbonyl (C=O) groups is 1. The Labute approximate surface area is 117 Å². The minimum atomic E-state index is -0.692. The highest BCUT2D eigenvalue weighted by atomic mass is 16.5. The Bertz CT molecular complexity index is 639. The summed E-state index contributed by atoms with van der Waals surface area (Å²) in [6, 6.07) is 14.8. The van der Waals surface area contributed by atoms with Crippen molar-refractivity contribution in [3.8, 4) is 16.9 Å². The molecule has 0 bridgehead atoms. The topological polar surface area (TPSA) is 76.7 Å². The van der Waals surface area contributed by atoms with E-state index < -0.39 is 6.03 Å². The van der Waals surface area contributed by atoms with Gasteiger partial charge in [-0.2, -0.15) is 5.10 Å². The summed E-state index contributed by atoms with van der Waals surface area (Å²) in [6.07, 6.45) is 1.53. The second-order valence-corrected chi connectivity index (χ2v) is 4.06. The number of nitrogens with two attached hydrogens (primary N) is 1. The molecule has 20 heavy (non-hydrogen) atoms. The molecule has 2 amide bonds. The van der Waals surface area contributed by atoms with Crippen LogP contribution in [0.15, 0.2) is 53.6 Å². The number of ether oxygens (including phenoxy) is 1. The van der Waals surface area contributed by atoms with Gasteiger partial charge in [-0.05, 0) is 23.3 Å². The largest absolute Gasteiger partial charge is 0.496 e. The highest BCUT2D eigenvalue weighted by molar-refractivity contribution is 5.84. The van der Waals surface area contributed by atoms with Crippen molar-refractivity contribution >= 4 is 12.2 Å². The number of hydrazone groups is 1. The summed E-state index contributed by atoms with van der Waals surface area (Å²) < 4.78 is 5.35. The van der Waals surface area contributed by atoms with Crippen molar-refractivity contribution in [2.24, 2.45) is 10.8 Å². The van der Waals surface area contributed by atoms with Crippen molar-refractivity contribution in [1.29, 1.82) is 0 Å². The Balaban J connectivity index is 2.30. The molecule has 3 N–H and O–H groups in total. The van der Waals surface area contributed by atoms with Gasteiger partial charge in [-0.15, -0.1) is 0 Å². The first-order valence-corrected chi connectivity index (χ1v) is 6.02. The number of hydrogen-bond donors (Lipinski definition) is 2. The molecule has 0 radical (unpaired) electrons. The van der Waals surface area contributed by atoms with Crippen LogP contribution >= 0.6 is 0 Å². The van der Waals surface area contributed by atoms with Crippen LogP contribution in [0.4, 0.5) is 4.79 Å². The van der Waals surface area contributed by atoms with Crippen molar-refractivity contribution in [2.75, 3.05) is 7.11 Å². The second kappa shape index (κ2) is 6.38. The van der Waals surface area contributed by atoms with E-state index in [1.165, 1.54) is 6.21 Å². The van der Waals surface area contributed by atoms with Crippen LogP contribution in [0.25, 0.3) is 11.1 Å². The van der Waals surface area contributed by atoms with Crippen LogP contribution in [0.2, 0.25) is 0 Å². The van der Waals surface area contributed by atoms with Crippen molar-refractivity contribution in [3.05, 3.63) is 54.1 Å². The summed E-state index contributed by atoms with van der Waals surface area (Å²) in [4.78, 5) is 10.5. The molecule has 0 spiro atoms. The molecule has 102 valence electrons. The van der Waals surface area contributed by atoms with E-state index in [4.69, 9.17) is 10.5 Å². The summed E-state index contributed by atoms with van der Waals surface area (Å²) in [6.45, 7) is 0. The maximum absolute atomic E-state index is 10.5. The zero-order chi connectivity index (χ0) is 14.4. The smallest absolute Gasteiger partial charge is 0.332 e. The predicted octanol–water partition coefficient (Wildman–Crippen LogP) is 2.36. The van der Waals surface area contributed by atoms with Crippen LogP contribution in [0.1, 0.15) is 5.56 Å². The number of nitrogens with one attached hydrogen (secondary N) is 1. The van der Waals surface area contributed by atoms with Gasteiger partial charge in [0.05, 0.1) is 13.3 Å². The Morgan fingerprint density at radius 1 is 1.25 bits per heavy atom. The number of methoxy groups -OCH3 is 1. The average Bonchev–Trinajstić information content (AvgIpc) is 2.47. The summed E-state index contributed by atoms with van der Waals surface area (Å²) in [5, 5.41) is 3.74. The second-order valence-electron chi connectivity index (χ2n) is 4.06. The van der Waals surface area contributed by atoms with Crippen LogP contribution in [-0.2, 0) is 0 Å². The third-order valence-electron chi connectivity index (χ3n) is 2.69. The lowest BCUT2D eigenvalue weighted by Crippen LogP contribution is -2.24. The van der Waals surface area contributed by atoms with E-state index in [1.807, 2.05) is 48.5 Å². The molecule has 0 unspecified atom stereocenters. The first-order valence-electron chi connectivity index (χ1n) is 6.02. The molecular weight excluding hydrogens is 254 g/mol. The van der Waals surface area contributed by atoms with Crippen molar-refractivity contribution in [1.82, 2.24) is 5.43 Å². The minimum absolute atomic E-state index is 0.692. The molecule has 0 aliphatic heterocycles. The van der Waals surface area contributed by atoms with Crippen molar-refractivity contribution in [2.45, 2.75) is 0 Å². The summed E-state index contributed by atoms with van der Waals surface area (Å²) in [5.41, 5.74) is 9.94. The van der Waals surface area contributed by atoms with Gasteiger partial charge in [-0.25, -0.2) is 10.2 Å². The average molecular weight is 269 g/mol. The lowest BCUT2D eigenvalue weighted by atomic mass is 10.0. The zero-order valence-corrected chi connectivity index (χ0v) is 11.0. The fourth-order valence-electron chi connectivity index (χ4n) is 1.84. The Kier molecular flexibility index (Phi) is 4.34. The van der Waals surface area contributed by atoms with Gasteiger partial charge in [-0.3, -0.25) is 0 Å². The molecule has 0 heterocycles. The lowest BCUT2D eigenvalue weighted by Gasteiger charge is -2.08. The number of para-hydroxylation sites is 1. The van der Waals surface area contributed by atoms with E-state index >= 15 is 0 Å². The zero-order valence-electron chi connectivity index (χ0n) is 11.0. The third kappa shape index (κ3) is 3.35. The van der Waals surface area contributed by atoms with Crippen molar-refractivity contribution in [3.63, 3.8) is 0 Å². The molecule has 0 atom stereocenters. The highest BCUT2D eigenvalue weighted by Gasteiger charge is 2.04. The Hall–Kier alpha value is -2.82. The monoisotopic (exact) mass is 269 g/mol. The van der Waals surface area contributed by atoms with Gasteiger partial charge in [0, 0.05) is 5.56 Å². The molecule has 2 aromatic rings. The van der Waals surface area contributed by atoms with Crippen LogP contribution < -0.4 is 15.9 Å². The van der Waals surface area contributed by atoms with E-state index in [2.05, 4.69) is 10.5 Å². The van der Waals surface area contributed by atoms with Gasteiger partial charge in [0.1, 0.15) is 5.75 Å². The van der Waals surface area contributed by atoms with Gasteiger partial charge in [0.25, 0.3) is 0 Å². The van der Waals surface area contributed by atoms with E-state index in [-0.39, 0.29) is 0 Å². The van der Waals surface area contributed by atoms with Gasteiger partial charge >= 0.3 is 6.03 Å². The summed E-state index contributed by atoms with van der Waals surface area (Å²) >= 11 is 0. The van der Waals surface area contributed by atoms with Gasteiger partial charge in [-0.1, -0.05) is 36.4 Å². The van der Waals surface area contributed by atoms with Gasteiger partial charge in [0.2, 0.25) is 0 Å². The third-order valence-corrected chi connectivity index (χ3v) is 2.69. The molecule has 2 aromatic carbocycles. The number of hydrogen-bond acceptors (Lipinski definition) is 3. The first-order chi connectivity index (χ1) is 9.70. The number of primary amides is 1. The summed E-state index contributed by atoms with van der Waals surface area (Å²) in [7, 11) is 1.64. The molecule has 0 aromatic heterocycles. The molecule has 0 saturated carbocycles. The molecule has 0 aliphatic carbocycles. The number of benzene rings is 2. The lowest BCUT2D eigenvalue weighted by molar-refractivity contribution is 0.249. The standard InChI is InChI=1S/C15H15N3O2/c1-20-14-8-3-2-7-13(14)12-6-4-5-11(9-12)10-17-18-15(16)19/h2-10H,1H3,(H3,16,18,19). The maximum atomic E-state index is 10.5. The van der Waals surface area contributed by atoms with Gasteiger partial charge < -0.3 is 10.5 Å². The van der Waals surface area contributed by atoms with Crippen LogP contribution in [0.5, 0.6) is 5.75 Å². The summed E-state index contributed by atoms with van der Waals surface area (Å²) in [5.74, 6) is 0.803. The molecule has 0 saturated heterocycles. The highest BCUT2D eigenvalue weighted by Crippen LogP contribution is 2.29.